The van der Waals surface area contributed by atoms with E-state index in [0.29, 0.717) is 12.5 Å². The highest BCUT2D eigenvalue weighted by molar-refractivity contribution is 7.99. The highest BCUT2D eigenvalue weighted by atomic mass is 32.2. The zero-order valence-corrected chi connectivity index (χ0v) is 21.7. The summed E-state index contributed by atoms with van der Waals surface area (Å²) in [5, 5.41) is 0. The molecule has 0 N–H and O–H groups in total. The number of thioether (sulfide) groups is 2. The van der Waals surface area contributed by atoms with E-state index in [1.165, 1.54) is 36.2 Å². The minimum atomic E-state index is -0.254. The van der Waals surface area contributed by atoms with Crippen LogP contribution in [0.25, 0.3) is 0 Å². The minimum Gasteiger partial charge on any atom is -0.492 e. The van der Waals surface area contributed by atoms with Crippen LogP contribution in [0.15, 0.2) is 52.3 Å². The molecular weight excluding hydrogens is 438 g/mol. The summed E-state index contributed by atoms with van der Waals surface area (Å²) in [6.07, 6.45) is 6.10. The van der Waals surface area contributed by atoms with Crippen molar-refractivity contribution in [3.8, 4) is 5.75 Å². The van der Waals surface area contributed by atoms with Crippen LogP contribution in [0, 0.1) is 5.92 Å². The maximum Gasteiger partial charge on any atom is 0.308 e. The zero-order valence-electron chi connectivity index (χ0n) is 20.1. The number of unbranched alkanes of at least 4 members (excludes halogenated alkanes) is 1. The van der Waals surface area contributed by atoms with Gasteiger partial charge in [0.1, 0.15) is 5.75 Å². The van der Waals surface area contributed by atoms with Gasteiger partial charge in [-0.05, 0) is 36.4 Å². The first-order chi connectivity index (χ1) is 15.6. The second-order valence-electron chi connectivity index (χ2n) is 7.68. The van der Waals surface area contributed by atoms with Gasteiger partial charge in [0.15, 0.2) is 0 Å². The number of carbonyl (C=O) groups excluding carboxylic acids is 1. The summed E-state index contributed by atoms with van der Waals surface area (Å²) in [6.45, 7) is 7.96. The summed E-state index contributed by atoms with van der Waals surface area (Å²) in [6, 6.07) is 14.9. The van der Waals surface area contributed by atoms with Gasteiger partial charge in [-0.25, -0.2) is 0 Å². The predicted octanol–water partition coefficient (Wildman–Crippen LogP) is 7.43. The Morgan fingerprint density at radius 1 is 1.16 bits per heavy atom. The van der Waals surface area contributed by atoms with Crippen LogP contribution in [0.2, 0.25) is 0 Å². The van der Waals surface area contributed by atoms with Crippen LogP contribution < -0.4 is 9.64 Å². The predicted molar refractivity (Wildman–Crippen MR) is 139 cm³/mol. The highest BCUT2D eigenvalue weighted by Gasteiger charge is 2.24. The van der Waals surface area contributed by atoms with Crippen LogP contribution in [0.3, 0.4) is 0 Å². The number of fused-ring (bicyclic) bond motifs is 1. The Labute approximate surface area is 202 Å². The van der Waals surface area contributed by atoms with Crippen LogP contribution in [-0.4, -0.2) is 38.2 Å². The number of methoxy groups -OCH3 is 1. The van der Waals surface area contributed by atoms with E-state index in [2.05, 4.69) is 74.4 Å². The van der Waals surface area contributed by atoms with Gasteiger partial charge in [-0.3, -0.25) is 4.79 Å². The number of esters is 1. The Bertz CT molecular complexity index is 827. The van der Waals surface area contributed by atoms with Crippen molar-refractivity contribution >= 4 is 40.9 Å². The lowest BCUT2D eigenvalue weighted by atomic mass is 10.1. The first-order valence-corrected chi connectivity index (χ1v) is 13.7. The summed E-state index contributed by atoms with van der Waals surface area (Å²) in [5.74, 6) is 2.30. The van der Waals surface area contributed by atoms with Crippen molar-refractivity contribution < 1.29 is 14.3 Å². The van der Waals surface area contributed by atoms with Gasteiger partial charge in [0.2, 0.25) is 0 Å². The molecule has 0 spiro atoms. The monoisotopic (exact) mass is 475 g/mol. The van der Waals surface area contributed by atoms with Crippen molar-refractivity contribution in [2.24, 2.45) is 5.92 Å². The SMILES string of the molecule is CCC1CSc2cc(OCCC(=O)OC)c(SC)cc2N(c2ccccc2)C1.CCCC. The third-order valence-electron chi connectivity index (χ3n) is 5.39. The molecule has 1 heterocycles. The Morgan fingerprint density at radius 3 is 2.47 bits per heavy atom. The van der Waals surface area contributed by atoms with E-state index in [4.69, 9.17) is 9.47 Å². The number of para-hydroxylation sites is 1. The Hall–Kier alpha value is -1.79. The molecule has 0 saturated carbocycles. The van der Waals surface area contributed by atoms with Gasteiger partial charge in [0, 0.05) is 22.9 Å². The lowest BCUT2D eigenvalue weighted by molar-refractivity contribution is -0.141. The molecule has 0 aliphatic carbocycles. The first kappa shape index (κ1) is 26.5. The molecule has 32 heavy (non-hydrogen) atoms. The fraction of sp³-hybridized carbons (Fsp3) is 0.500. The zero-order chi connectivity index (χ0) is 23.3. The summed E-state index contributed by atoms with van der Waals surface area (Å²) in [4.78, 5) is 16.1. The van der Waals surface area contributed by atoms with Gasteiger partial charge >= 0.3 is 5.97 Å². The molecule has 0 aromatic heterocycles. The third-order valence-corrected chi connectivity index (χ3v) is 7.42. The van der Waals surface area contributed by atoms with E-state index in [-0.39, 0.29) is 12.4 Å². The van der Waals surface area contributed by atoms with Gasteiger partial charge < -0.3 is 14.4 Å². The van der Waals surface area contributed by atoms with E-state index in [9.17, 15) is 4.79 Å². The molecule has 4 nitrogen and oxygen atoms in total. The van der Waals surface area contributed by atoms with Gasteiger partial charge in [-0.2, -0.15) is 0 Å². The molecular formula is C26H37NO3S2. The van der Waals surface area contributed by atoms with Gasteiger partial charge in [-0.1, -0.05) is 58.2 Å². The summed E-state index contributed by atoms with van der Waals surface area (Å²) in [5.41, 5.74) is 2.45. The summed E-state index contributed by atoms with van der Waals surface area (Å²) < 4.78 is 10.7. The van der Waals surface area contributed by atoms with Crippen LogP contribution in [0.4, 0.5) is 11.4 Å². The van der Waals surface area contributed by atoms with Gasteiger partial charge in [0.25, 0.3) is 0 Å². The lowest BCUT2D eigenvalue weighted by Crippen LogP contribution is -2.24. The Morgan fingerprint density at radius 2 is 1.88 bits per heavy atom. The van der Waals surface area contributed by atoms with Gasteiger partial charge in [-0.15, -0.1) is 23.5 Å². The van der Waals surface area contributed by atoms with E-state index in [1.54, 1.807) is 11.8 Å². The number of rotatable bonds is 8. The van der Waals surface area contributed by atoms with E-state index < -0.39 is 0 Å². The topological polar surface area (TPSA) is 38.8 Å². The fourth-order valence-corrected chi connectivity index (χ4v) is 5.00. The molecule has 2 aromatic carbocycles. The smallest absolute Gasteiger partial charge is 0.308 e. The van der Waals surface area contributed by atoms with Crippen molar-refractivity contribution in [1.82, 2.24) is 0 Å². The van der Waals surface area contributed by atoms with Gasteiger partial charge in [0.05, 0.1) is 30.7 Å². The molecule has 0 amide bonds. The van der Waals surface area contributed by atoms with Crippen LogP contribution >= 0.6 is 23.5 Å². The van der Waals surface area contributed by atoms with E-state index >= 15 is 0 Å². The molecule has 0 bridgehead atoms. The number of anilines is 2. The number of hydrogen-bond donors (Lipinski definition) is 0. The van der Waals surface area contributed by atoms with E-state index in [1.807, 2.05) is 11.8 Å². The maximum atomic E-state index is 11.4. The average Bonchev–Trinajstić information content (AvgIpc) is 3.03. The Balaban J connectivity index is 0.000000837. The molecule has 6 heteroatoms. The number of hydrogen-bond acceptors (Lipinski definition) is 6. The van der Waals surface area contributed by atoms with Crippen molar-refractivity contribution in [1.29, 1.82) is 0 Å². The molecule has 3 rings (SSSR count). The second kappa shape index (κ2) is 14.4. The van der Waals surface area contributed by atoms with Crippen LogP contribution in [-0.2, 0) is 9.53 Å². The molecule has 1 unspecified atom stereocenters. The molecule has 1 aliphatic heterocycles. The van der Waals surface area contributed by atoms with Crippen molar-refractivity contribution in [2.45, 2.75) is 56.2 Å². The minimum absolute atomic E-state index is 0.253. The molecule has 1 atom stereocenters. The molecule has 1 aliphatic rings. The molecule has 176 valence electrons. The average molecular weight is 476 g/mol. The van der Waals surface area contributed by atoms with Crippen molar-refractivity contribution in [3.63, 3.8) is 0 Å². The summed E-state index contributed by atoms with van der Waals surface area (Å²) >= 11 is 3.56. The molecule has 0 radical (unpaired) electrons. The van der Waals surface area contributed by atoms with Crippen molar-refractivity contribution in [3.05, 3.63) is 42.5 Å². The number of nitrogens with zero attached hydrogens (tertiary/aromatic N) is 1. The molecule has 0 saturated heterocycles. The molecule has 0 fully saturated rings. The standard InChI is InChI=1S/C22H27NO3S2.C4H10/c1-4-16-14-23(17-8-6-5-7-9-17)18-12-21(27-3)19(13-20(18)28-15-16)26-11-10-22(24)25-2;1-3-4-2/h5-9,12-13,16H,4,10-11,14-15H2,1-3H3;3-4H2,1-2H3. The quantitative estimate of drug-likeness (QED) is 0.292. The highest BCUT2D eigenvalue weighted by Crippen LogP contribution is 2.45. The van der Waals surface area contributed by atoms with Crippen LogP contribution in [0.5, 0.6) is 5.75 Å². The van der Waals surface area contributed by atoms with Crippen molar-refractivity contribution in [2.75, 3.05) is 37.2 Å². The number of carbonyl (C=O) groups is 1. The number of ether oxygens (including phenoxy) is 2. The van der Waals surface area contributed by atoms with E-state index in [0.717, 1.165) is 29.4 Å². The number of benzene rings is 2. The molecule has 2 aromatic rings. The second-order valence-corrected chi connectivity index (χ2v) is 9.59. The fourth-order valence-electron chi connectivity index (χ4n) is 3.19. The van der Waals surface area contributed by atoms with Crippen LogP contribution in [0.1, 0.15) is 46.5 Å². The maximum absolute atomic E-state index is 11.4. The largest absolute Gasteiger partial charge is 0.492 e. The Kier molecular flexibility index (Phi) is 11.9. The lowest BCUT2D eigenvalue weighted by Gasteiger charge is -2.28. The summed E-state index contributed by atoms with van der Waals surface area (Å²) in [7, 11) is 1.40. The normalized spacial score (nSPS) is 15.2. The third kappa shape index (κ3) is 7.66. The first-order valence-electron chi connectivity index (χ1n) is 11.4.